The maximum Gasteiger partial charge on any atom is 0.111 e. The molecule has 14 heavy (non-hydrogen) atoms. The van der Waals surface area contributed by atoms with E-state index in [1.807, 2.05) is 60.3 Å². The molecule has 0 aliphatic carbocycles. The van der Waals surface area contributed by atoms with Gasteiger partial charge in [-0.25, -0.2) is 4.21 Å². The summed E-state index contributed by atoms with van der Waals surface area (Å²) in [5.74, 6) is 0. The number of nitrogens with zero attached hydrogens (tertiary/aromatic N) is 1. The van der Waals surface area contributed by atoms with E-state index in [1.165, 1.54) is 0 Å². The Kier molecular flexibility index (Phi) is 2.50. The lowest BCUT2D eigenvalue weighted by Gasteiger charge is -2.02. The van der Waals surface area contributed by atoms with Gasteiger partial charge in [0.1, 0.15) is 15.8 Å². The molecular formula is C11H11NOS. The van der Waals surface area contributed by atoms with Gasteiger partial charge in [0.15, 0.2) is 0 Å². The Bertz CT molecular complexity index is 447. The van der Waals surface area contributed by atoms with Crippen LogP contribution in [-0.2, 0) is 17.8 Å². The SMILES string of the molecule is Cn1cccc1S(=O)c1ccccc1. The Balaban J connectivity index is 2.39. The first-order valence-electron chi connectivity index (χ1n) is 4.37. The van der Waals surface area contributed by atoms with Gasteiger partial charge in [0.05, 0.1) is 0 Å². The molecule has 2 nitrogen and oxygen atoms in total. The minimum Gasteiger partial charge on any atom is -0.344 e. The van der Waals surface area contributed by atoms with Crippen molar-refractivity contribution in [1.29, 1.82) is 0 Å². The predicted octanol–water partition coefficient (Wildman–Crippen LogP) is 2.19. The quantitative estimate of drug-likeness (QED) is 0.736. The molecule has 1 aromatic carbocycles. The van der Waals surface area contributed by atoms with Crippen LogP contribution in [0.4, 0.5) is 0 Å². The summed E-state index contributed by atoms with van der Waals surface area (Å²) in [5.41, 5.74) is 0. The van der Waals surface area contributed by atoms with Crippen LogP contribution in [0.1, 0.15) is 0 Å². The van der Waals surface area contributed by atoms with Crippen molar-refractivity contribution < 1.29 is 4.21 Å². The Morgan fingerprint density at radius 3 is 2.36 bits per heavy atom. The van der Waals surface area contributed by atoms with Crippen molar-refractivity contribution in [1.82, 2.24) is 4.57 Å². The van der Waals surface area contributed by atoms with E-state index in [9.17, 15) is 4.21 Å². The molecule has 0 radical (unpaired) electrons. The van der Waals surface area contributed by atoms with Gasteiger partial charge in [-0.2, -0.15) is 0 Å². The van der Waals surface area contributed by atoms with Gasteiger partial charge in [0.25, 0.3) is 0 Å². The van der Waals surface area contributed by atoms with Crippen molar-refractivity contribution in [3.05, 3.63) is 48.7 Å². The molecule has 0 bridgehead atoms. The molecule has 2 aromatic rings. The average molecular weight is 205 g/mol. The van der Waals surface area contributed by atoms with Crippen LogP contribution >= 0.6 is 0 Å². The molecule has 0 N–H and O–H groups in total. The number of rotatable bonds is 2. The van der Waals surface area contributed by atoms with Gasteiger partial charge in [0, 0.05) is 18.1 Å². The van der Waals surface area contributed by atoms with Crippen LogP contribution < -0.4 is 0 Å². The smallest absolute Gasteiger partial charge is 0.111 e. The summed E-state index contributed by atoms with van der Waals surface area (Å²) in [6.45, 7) is 0. The topological polar surface area (TPSA) is 22.0 Å². The van der Waals surface area contributed by atoms with Gasteiger partial charge < -0.3 is 4.57 Å². The zero-order chi connectivity index (χ0) is 9.97. The molecule has 0 aliphatic rings. The van der Waals surface area contributed by atoms with Gasteiger partial charge >= 0.3 is 0 Å². The lowest BCUT2D eigenvalue weighted by molar-refractivity contribution is 0.673. The summed E-state index contributed by atoms with van der Waals surface area (Å²) in [6.07, 6.45) is 1.90. The van der Waals surface area contributed by atoms with Crippen molar-refractivity contribution in [2.45, 2.75) is 9.92 Å². The lowest BCUT2D eigenvalue weighted by Crippen LogP contribution is -1.98. The van der Waals surface area contributed by atoms with Crippen LogP contribution in [0.5, 0.6) is 0 Å². The second kappa shape index (κ2) is 3.80. The monoisotopic (exact) mass is 205 g/mol. The third-order valence-corrected chi connectivity index (χ3v) is 3.55. The number of aromatic nitrogens is 1. The highest BCUT2D eigenvalue weighted by molar-refractivity contribution is 7.85. The van der Waals surface area contributed by atoms with E-state index in [1.54, 1.807) is 0 Å². The molecule has 0 amide bonds. The Hall–Kier alpha value is -1.35. The molecule has 0 saturated heterocycles. The Labute approximate surface area is 85.6 Å². The molecule has 0 spiro atoms. The molecule has 0 saturated carbocycles. The number of hydrogen-bond acceptors (Lipinski definition) is 1. The van der Waals surface area contributed by atoms with Gasteiger partial charge in [0.2, 0.25) is 0 Å². The molecule has 1 aromatic heterocycles. The van der Waals surface area contributed by atoms with Gasteiger partial charge in [-0.05, 0) is 24.3 Å². The zero-order valence-corrected chi connectivity index (χ0v) is 8.70. The third-order valence-electron chi connectivity index (χ3n) is 2.04. The summed E-state index contributed by atoms with van der Waals surface area (Å²) in [5, 5.41) is 0.830. The third kappa shape index (κ3) is 1.63. The van der Waals surface area contributed by atoms with Gasteiger partial charge in [-0.1, -0.05) is 18.2 Å². The van der Waals surface area contributed by atoms with Gasteiger partial charge in [-0.15, -0.1) is 0 Å². The van der Waals surface area contributed by atoms with E-state index >= 15 is 0 Å². The molecule has 2 rings (SSSR count). The second-order valence-corrected chi connectivity index (χ2v) is 4.47. The lowest BCUT2D eigenvalue weighted by atomic mass is 10.4. The average Bonchev–Trinajstić information content (AvgIpc) is 2.65. The minimum absolute atomic E-state index is 0.830. The van der Waals surface area contributed by atoms with Crippen molar-refractivity contribution in [3.63, 3.8) is 0 Å². The molecule has 3 heteroatoms. The fourth-order valence-corrected chi connectivity index (χ4v) is 2.47. The van der Waals surface area contributed by atoms with Crippen LogP contribution in [-0.4, -0.2) is 8.78 Å². The fraction of sp³-hybridized carbons (Fsp3) is 0.0909. The van der Waals surface area contributed by atoms with E-state index < -0.39 is 10.8 Å². The molecule has 0 aliphatic heterocycles. The maximum absolute atomic E-state index is 12.0. The summed E-state index contributed by atoms with van der Waals surface area (Å²) >= 11 is 0. The number of benzene rings is 1. The second-order valence-electron chi connectivity index (χ2n) is 3.04. The van der Waals surface area contributed by atoms with Crippen LogP contribution in [0, 0.1) is 0 Å². The molecule has 72 valence electrons. The van der Waals surface area contributed by atoms with E-state index in [-0.39, 0.29) is 0 Å². The molecule has 1 atom stereocenters. The van der Waals surface area contributed by atoms with Crippen LogP contribution in [0.25, 0.3) is 0 Å². The zero-order valence-electron chi connectivity index (χ0n) is 7.88. The Morgan fingerprint density at radius 1 is 1.07 bits per heavy atom. The fourth-order valence-electron chi connectivity index (χ4n) is 1.30. The highest BCUT2D eigenvalue weighted by Crippen LogP contribution is 2.15. The molecule has 1 heterocycles. The minimum atomic E-state index is -1.06. The van der Waals surface area contributed by atoms with Crippen molar-refractivity contribution >= 4 is 10.8 Å². The van der Waals surface area contributed by atoms with Crippen molar-refractivity contribution in [2.24, 2.45) is 7.05 Å². The predicted molar refractivity (Wildman–Crippen MR) is 56.5 cm³/mol. The van der Waals surface area contributed by atoms with E-state index in [0.29, 0.717) is 0 Å². The summed E-state index contributed by atoms with van der Waals surface area (Å²) < 4.78 is 13.9. The normalized spacial score (nSPS) is 12.6. The molecule has 0 fully saturated rings. The van der Waals surface area contributed by atoms with E-state index in [4.69, 9.17) is 0 Å². The summed E-state index contributed by atoms with van der Waals surface area (Å²) in [7, 11) is 0.835. The summed E-state index contributed by atoms with van der Waals surface area (Å²) in [4.78, 5) is 0.842. The highest BCUT2D eigenvalue weighted by atomic mass is 32.2. The van der Waals surface area contributed by atoms with E-state index in [2.05, 4.69) is 0 Å². The van der Waals surface area contributed by atoms with Gasteiger partial charge in [-0.3, -0.25) is 0 Å². The van der Waals surface area contributed by atoms with E-state index in [0.717, 1.165) is 9.92 Å². The Morgan fingerprint density at radius 2 is 1.79 bits per heavy atom. The number of aryl methyl sites for hydroxylation is 1. The first kappa shape index (κ1) is 9.21. The first-order valence-corrected chi connectivity index (χ1v) is 5.52. The summed E-state index contributed by atoms with van der Waals surface area (Å²) in [6, 6.07) is 13.3. The van der Waals surface area contributed by atoms with Crippen molar-refractivity contribution in [2.75, 3.05) is 0 Å². The molecular weight excluding hydrogens is 194 g/mol. The standard InChI is InChI=1S/C11H11NOS/c1-12-9-5-8-11(12)14(13)10-6-3-2-4-7-10/h2-9H,1H3. The first-order chi connectivity index (χ1) is 6.79. The molecule has 1 unspecified atom stereocenters. The van der Waals surface area contributed by atoms with Crippen LogP contribution in [0.2, 0.25) is 0 Å². The van der Waals surface area contributed by atoms with Crippen molar-refractivity contribution in [3.8, 4) is 0 Å². The largest absolute Gasteiger partial charge is 0.344 e. The van der Waals surface area contributed by atoms with Crippen LogP contribution in [0.15, 0.2) is 58.6 Å². The highest BCUT2D eigenvalue weighted by Gasteiger charge is 2.08. The van der Waals surface area contributed by atoms with Crippen LogP contribution in [0.3, 0.4) is 0 Å². The number of hydrogen-bond donors (Lipinski definition) is 0. The maximum atomic E-state index is 12.0.